The van der Waals surface area contributed by atoms with E-state index in [9.17, 15) is 0 Å². The van der Waals surface area contributed by atoms with Crippen molar-refractivity contribution in [1.82, 2.24) is 0 Å². The molecule has 62 valence electrons. The van der Waals surface area contributed by atoms with Crippen LogP contribution < -0.4 is 4.74 Å². The minimum atomic E-state index is 0.754. The summed E-state index contributed by atoms with van der Waals surface area (Å²) in [4.78, 5) is 0. The average molecular weight is 169 g/mol. The van der Waals surface area contributed by atoms with Crippen molar-refractivity contribution in [1.29, 1.82) is 5.26 Å². The predicted octanol–water partition coefficient (Wildman–Crippen LogP) is 1.50. The van der Waals surface area contributed by atoms with Gasteiger partial charge in [0, 0.05) is 17.9 Å². The van der Waals surface area contributed by atoms with Gasteiger partial charge in [-0.15, -0.1) is 0 Å². The zero-order valence-electron chi connectivity index (χ0n) is 7.00. The van der Waals surface area contributed by atoms with E-state index in [1.165, 1.54) is 5.56 Å². The molecule has 2 heteroatoms. The molecule has 1 heterocycles. The monoisotopic (exact) mass is 169 g/mol. The Morgan fingerprint density at radius 2 is 2.31 bits per heavy atom. The molecule has 1 aliphatic heterocycles. The quantitative estimate of drug-likeness (QED) is 0.551. The minimum Gasteiger partial charge on any atom is -0.493 e. The van der Waals surface area contributed by atoms with Crippen LogP contribution in [0.5, 0.6) is 5.75 Å². The molecule has 0 bridgehead atoms. The fraction of sp³-hybridized carbons (Fsp3) is 0.182. The Balaban J connectivity index is 2.37. The summed E-state index contributed by atoms with van der Waals surface area (Å²) in [7, 11) is 0. The van der Waals surface area contributed by atoms with Gasteiger partial charge < -0.3 is 4.74 Å². The Morgan fingerprint density at radius 1 is 1.38 bits per heavy atom. The Morgan fingerprint density at radius 3 is 3.15 bits per heavy atom. The van der Waals surface area contributed by atoms with E-state index >= 15 is 0 Å². The third-order valence-corrected chi connectivity index (χ3v) is 1.95. The Labute approximate surface area is 76.8 Å². The fourth-order valence-corrected chi connectivity index (χ4v) is 1.36. The van der Waals surface area contributed by atoms with Gasteiger partial charge in [0.25, 0.3) is 0 Å². The average Bonchev–Trinajstić information content (AvgIpc) is 2.61. The van der Waals surface area contributed by atoms with Crippen LogP contribution in [0, 0.1) is 23.2 Å². The predicted molar refractivity (Wildman–Crippen MR) is 48.1 cm³/mol. The molecule has 0 amide bonds. The first-order valence-electron chi connectivity index (χ1n) is 4.06. The van der Waals surface area contributed by atoms with E-state index in [1.807, 2.05) is 18.2 Å². The highest BCUT2D eigenvalue weighted by Crippen LogP contribution is 2.25. The summed E-state index contributed by atoms with van der Waals surface area (Å²) < 4.78 is 5.34. The van der Waals surface area contributed by atoms with Crippen LogP contribution in [0.2, 0.25) is 0 Å². The highest BCUT2D eigenvalue weighted by Gasteiger charge is 2.10. The maximum Gasteiger partial charge on any atom is 0.152 e. The molecule has 1 aromatic rings. The second-order valence-corrected chi connectivity index (χ2v) is 2.78. The Hall–Kier alpha value is -1.93. The van der Waals surface area contributed by atoms with Gasteiger partial charge >= 0.3 is 0 Å². The van der Waals surface area contributed by atoms with Crippen molar-refractivity contribution in [3.8, 4) is 23.7 Å². The van der Waals surface area contributed by atoms with Gasteiger partial charge in [-0.1, -0.05) is 5.92 Å². The van der Waals surface area contributed by atoms with Crippen molar-refractivity contribution in [3.05, 3.63) is 29.3 Å². The number of fused-ring (bicyclic) bond motifs is 1. The summed E-state index contributed by atoms with van der Waals surface area (Å²) in [5.41, 5.74) is 2.07. The largest absolute Gasteiger partial charge is 0.493 e. The highest BCUT2D eigenvalue weighted by molar-refractivity contribution is 5.46. The van der Waals surface area contributed by atoms with Crippen molar-refractivity contribution in [3.63, 3.8) is 0 Å². The summed E-state index contributed by atoms with van der Waals surface area (Å²) >= 11 is 0. The summed E-state index contributed by atoms with van der Waals surface area (Å²) in [6.07, 6.45) is 0.942. The molecule has 13 heavy (non-hydrogen) atoms. The van der Waals surface area contributed by atoms with Crippen LogP contribution in [0.25, 0.3) is 0 Å². The molecule has 0 atom stereocenters. The summed E-state index contributed by atoms with van der Waals surface area (Å²) in [6, 6.07) is 7.55. The maximum atomic E-state index is 8.27. The van der Waals surface area contributed by atoms with Crippen LogP contribution >= 0.6 is 0 Å². The lowest BCUT2D eigenvalue weighted by molar-refractivity contribution is 0.357. The zero-order chi connectivity index (χ0) is 9.10. The number of nitriles is 1. The van der Waals surface area contributed by atoms with Gasteiger partial charge in [-0.3, -0.25) is 0 Å². The molecule has 0 aromatic heterocycles. The van der Waals surface area contributed by atoms with Gasteiger partial charge in [0.05, 0.1) is 6.61 Å². The standard InChI is InChI=1S/C11H7NO/c12-6-1-2-9-3-4-11-10(8-9)5-7-13-11/h3-4,8H,5,7H2. The second kappa shape index (κ2) is 3.21. The van der Waals surface area contributed by atoms with E-state index in [1.54, 1.807) is 6.07 Å². The molecule has 2 nitrogen and oxygen atoms in total. The maximum absolute atomic E-state index is 8.27. The minimum absolute atomic E-state index is 0.754. The van der Waals surface area contributed by atoms with Crippen molar-refractivity contribution < 1.29 is 4.74 Å². The first kappa shape index (κ1) is 7.71. The van der Waals surface area contributed by atoms with E-state index in [4.69, 9.17) is 10.00 Å². The third-order valence-electron chi connectivity index (χ3n) is 1.95. The number of hydrogen-bond donors (Lipinski definition) is 0. The Kier molecular flexibility index (Phi) is 1.90. The molecule has 0 saturated carbocycles. The molecule has 1 aliphatic rings. The van der Waals surface area contributed by atoms with Crippen LogP contribution in [0.3, 0.4) is 0 Å². The molecule has 1 aromatic carbocycles. The highest BCUT2D eigenvalue weighted by atomic mass is 16.5. The van der Waals surface area contributed by atoms with Gasteiger partial charge in [-0.2, -0.15) is 5.26 Å². The van der Waals surface area contributed by atoms with Crippen LogP contribution in [0.1, 0.15) is 11.1 Å². The first-order valence-corrected chi connectivity index (χ1v) is 4.06. The lowest BCUT2D eigenvalue weighted by Crippen LogP contribution is -1.85. The smallest absolute Gasteiger partial charge is 0.152 e. The number of hydrogen-bond acceptors (Lipinski definition) is 2. The van der Waals surface area contributed by atoms with Gasteiger partial charge in [0.1, 0.15) is 5.75 Å². The fourth-order valence-electron chi connectivity index (χ4n) is 1.36. The lowest BCUT2D eigenvalue weighted by Gasteiger charge is -1.97. The van der Waals surface area contributed by atoms with E-state index in [0.29, 0.717) is 0 Å². The Bertz CT molecular complexity index is 432. The lowest BCUT2D eigenvalue weighted by atomic mass is 10.1. The molecule has 0 unspecified atom stereocenters. The van der Waals surface area contributed by atoms with Crippen molar-refractivity contribution in [2.24, 2.45) is 0 Å². The molecule has 0 N–H and O–H groups in total. The molecule has 0 saturated heterocycles. The number of rotatable bonds is 0. The van der Waals surface area contributed by atoms with Crippen molar-refractivity contribution in [2.75, 3.05) is 6.61 Å². The molecular weight excluding hydrogens is 162 g/mol. The van der Waals surface area contributed by atoms with E-state index in [-0.39, 0.29) is 0 Å². The molecule has 0 aliphatic carbocycles. The number of ether oxygens (including phenoxy) is 1. The second-order valence-electron chi connectivity index (χ2n) is 2.78. The van der Waals surface area contributed by atoms with E-state index in [2.05, 4.69) is 11.8 Å². The topological polar surface area (TPSA) is 33.0 Å². The number of benzene rings is 1. The molecule has 0 fully saturated rings. The van der Waals surface area contributed by atoms with Crippen molar-refractivity contribution >= 4 is 0 Å². The molecule has 2 rings (SSSR count). The summed E-state index contributed by atoms with van der Waals surface area (Å²) in [6.45, 7) is 0.754. The van der Waals surface area contributed by atoms with E-state index < -0.39 is 0 Å². The van der Waals surface area contributed by atoms with Crippen LogP contribution in [-0.2, 0) is 6.42 Å². The van der Waals surface area contributed by atoms with Gasteiger partial charge in [-0.25, -0.2) is 0 Å². The SMILES string of the molecule is N#CC#Cc1ccc2c(c1)CCO2. The summed E-state index contributed by atoms with van der Waals surface area (Å²) in [5.74, 6) is 6.07. The first-order chi connectivity index (χ1) is 6.40. The van der Waals surface area contributed by atoms with Crippen LogP contribution in [0.15, 0.2) is 18.2 Å². The van der Waals surface area contributed by atoms with Gasteiger partial charge in [-0.05, 0) is 23.8 Å². The van der Waals surface area contributed by atoms with Crippen LogP contribution in [0.4, 0.5) is 0 Å². The van der Waals surface area contributed by atoms with Gasteiger partial charge in [0.15, 0.2) is 6.07 Å². The van der Waals surface area contributed by atoms with Crippen molar-refractivity contribution in [2.45, 2.75) is 6.42 Å². The van der Waals surface area contributed by atoms with Crippen LogP contribution in [-0.4, -0.2) is 6.61 Å². The van der Waals surface area contributed by atoms with E-state index in [0.717, 1.165) is 24.3 Å². The molecular formula is C11H7NO. The number of nitrogens with zero attached hydrogens (tertiary/aromatic N) is 1. The normalized spacial score (nSPS) is 11.9. The zero-order valence-corrected chi connectivity index (χ0v) is 7.00. The third kappa shape index (κ3) is 1.48. The summed E-state index contributed by atoms with van der Waals surface area (Å²) in [5, 5.41) is 8.27. The van der Waals surface area contributed by atoms with Gasteiger partial charge in [0.2, 0.25) is 0 Å². The molecule has 0 radical (unpaired) electrons. The molecule has 0 spiro atoms.